The van der Waals surface area contributed by atoms with Crippen molar-refractivity contribution in [3.63, 3.8) is 0 Å². The number of aromatic nitrogens is 2. The van der Waals surface area contributed by atoms with Gasteiger partial charge in [-0.15, -0.1) is 5.10 Å². The van der Waals surface area contributed by atoms with Crippen molar-refractivity contribution in [2.75, 3.05) is 5.84 Å². The third kappa shape index (κ3) is 1.93. The Kier molecular flexibility index (Phi) is 3.03. The lowest BCUT2D eigenvalue weighted by Gasteiger charge is -2.00. The molecule has 1 aromatic heterocycles. The Morgan fingerprint density at radius 2 is 1.89 bits per heavy atom. The molecular weight excluding hydrogens is 258 g/mol. The first-order valence-corrected chi connectivity index (χ1v) is 5.26. The smallest absolute Gasteiger partial charge is 0.357 e. The number of ketones is 1. The molecule has 0 saturated heterocycles. The maximum Gasteiger partial charge on any atom is 0.357 e. The fourth-order valence-corrected chi connectivity index (χ4v) is 1.71. The van der Waals surface area contributed by atoms with Gasteiger partial charge in [0.1, 0.15) is 0 Å². The minimum absolute atomic E-state index is 0.207. The molecule has 2 aromatic rings. The van der Waals surface area contributed by atoms with E-state index < -0.39 is 17.4 Å². The lowest BCUT2D eigenvalue weighted by atomic mass is 10.0. The highest BCUT2D eigenvalue weighted by molar-refractivity contribution is 6.35. The van der Waals surface area contributed by atoms with Crippen molar-refractivity contribution in [1.82, 2.24) is 9.89 Å². The van der Waals surface area contributed by atoms with Gasteiger partial charge in [-0.2, -0.15) is 4.79 Å². The van der Waals surface area contributed by atoms with Gasteiger partial charge in [0.15, 0.2) is 16.6 Å². The second kappa shape index (κ2) is 4.50. The van der Waals surface area contributed by atoms with Gasteiger partial charge >= 0.3 is 5.97 Å². The molecule has 0 amide bonds. The second-order valence-electron chi connectivity index (χ2n) is 3.46. The molecule has 0 aliphatic heterocycles. The van der Waals surface area contributed by atoms with Crippen molar-refractivity contribution >= 4 is 23.4 Å². The number of aromatic carboxylic acids is 1. The summed E-state index contributed by atoms with van der Waals surface area (Å²) in [7, 11) is 0. The molecule has 0 aliphatic rings. The van der Waals surface area contributed by atoms with Crippen LogP contribution in [0.2, 0.25) is 5.15 Å². The summed E-state index contributed by atoms with van der Waals surface area (Å²) in [5.41, 5.74) is -0.357. The first-order valence-electron chi connectivity index (χ1n) is 4.89. The van der Waals surface area contributed by atoms with E-state index in [1.165, 1.54) is 0 Å². The Hall–Kier alpha value is -2.34. The highest BCUT2D eigenvalue weighted by atomic mass is 35.5. The van der Waals surface area contributed by atoms with Crippen molar-refractivity contribution in [2.45, 2.75) is 0 Å². The number of carboxylic acid groups (broad SMARTS) is 1. The minimum atomic E-state index is -1.36. The van der Waals surface area contributed by atoms with Crippen molar-refractivity contribution in [3.8, 4) is 0 Å². The summed E-state index contributed by atoms with van der Waals surface area (Å²) in [5.74, 6) is 3.46. The Balaban J connectivity index is 2.58. The zero-order chi connectivity index (χ0) is 13.3. The van der Waals surface area contributed by atoms with E-state index in [2.05, 4.69) is 5.10 Å². The van der Waals surface area contributed by atoms with Crippen LogP contribution in [0.4, 0.5) is 0 Å². The number of carboxylic acids is 1. The average molecular weight is 266 g/mol. The molecule has 7 heteroatoms. The lowest BCUT2D eigenvalue weighted by molar-refractivity contribution is 0.0686. The largest absolute Gasteiger partial charge is 0.476 e. The van der Waals surface area contributed by atoms with Gasteiger partial charge in [0, 0.05) is 5.56 Å². The Morgan fingerprint density at radius 3 is 2.44 bits per heavy atom. The first kappa shape index (κ1) is 12.1. The van der Waals surface area contributed by atoms with Gasteiger partial charge in [0.25, 0.3) is 0 Å². The van der Waals surface area contributed by atoms with Crippen molar-refractivity contribution < 1.29 is 14.7 Å². The maximum atomic E-state index is 12.1. The number of nitrogen functional groups attached to an aromatic ring is 1. The van der Waals surface area contributed by atoms with Gasteiger partial charge in [-0.1, -0.05) is 41.9 Å². The highest BCUT2D eigenvalue weighted by Gasteiger charge is 2.27. The van der Waals surface area contributed by atoms with Gasteiger partial charge in [-0.05, 0) is 0 Å². The lowest BCUT2D eigenvalue weighted by Crippen LogP contribution is -2.11. The summed E-state index contributed by atoms with van der Waals surface area (Å²) >= 11 is 5.79. The van der Waals surface area contributed by atoms with E-state index in [0.29, 0.717) is 10.4 Å². The normalized spacial score (nSPS) is 10.3. The van der Waals surface area contributed by atoms with E-state index in [1.807, 2.05) is 0 Å². The summed E-state index contributed by atoms with van der Waals surface area (Å²) in [6.07, 6.45) is 0. The van der Waals surface area contributed by atoms with E-state index in [4.69, 9.17) is 22.6 Å². The summed E-state index contributed by atoms with van der Waals surface area (Å²) in [4.78, 5) is 23.8. The molecule has 0 fully saturated rings. The van der Waals surface area contributed by atoms with Gasteiger partial charge < -0.3 is 10.9 Å². The maximum absolute atomic E-state index is 12.1. The number of carbonyl (C=O) groups is 2. The van der Waals surface area contributed by atoms with E-state index in [1.54, 1.807) is 30.3 Å². The zero-order valence-electron chi connectivity index (χ0n) is 9.00. The molecule has 1 heterocycles. The standard InChI is InChI=1S/C11H8ClN3O3/c12-10-7(8(11(17)18)14-15(10)13)9(16)6-4-2-1-3-5-6/h1-5H,13H2,(H,17,18). The van der Waals surface area contributed by atoms with E-state index in [0.717, 1.165) is 0 Å². The molecule has 0 spiro atoms. The van der Waals surface area contributed by atoms with Gasteiger partial charge in [-0.3, -0.25) is 4.79 Å². The van der Waals surface area contributed by atoms with Crippen molar-refractivity contribution in [3.05, 3.63) is 52.3 Å². The molecule has 2 rings (SSSR count). The van der Waals surface area contributed by atoms with E-state index in [-0.39, 0.29) is 10.7 Å². The monoisotopic (exact) mass is 265 g/mol. The molecule has 0 atom stereocenters. The number of benzene rings is 1. The van der Waals surface area contributed by atoms with Crippen LogP contribution in [-0.4, -0.2) is 26.7 Å². The molecule has 0 bridgehead atoms. The molecule has 0 aliphatic carbocycles. The van der Waals surface area contributed by atoms with Gasteiger partial charge in [-0.25, -0.2) is 4.79 Å². The van der Waals surface area contributed by atoms with Crippen LogP contribution in [0.5, 0.6) is 0 Å². The van der Waals surface area contributed by atoms with Gasteiger partial charge in [0.2, 0.25) is 0 Å². The number of halogens is 1. The summed E-state index contributed by atoms with van der Waals surface area (Å²) in [5, 5.41) is 12.2. The number of rotatable bonds is 3. The van der Waals surface area contributed by atoms with Crippen LogP contribution >= 0.6 is 11.6 Å². The van der Waals surface area contributed by atoms with Crippen LogP contribution in [0.3, 0.4) is 0 Å². The average Bonchev–Trinajstić information content (AvgIpc) is 2.66. The third-order valence-corrected chi connectivity index (χ3v) is 2.68. The minimum Gasteiger partial charge on any atom is -0.476 e. The Labute approximate surface area is 107 Å². The van der Waals surface area contributed by atoms with E-state index in [9.17, 15) is 9.59 Å². The van der Waals surface area contributed by atoms with Crippen molar-refractivity contribution in [2.24, 2.45) is 0 Å². The number of nitrogens with zero attached hydrogens (tertiary/aromatic N) is 2. The van der Waals surface area contributed by atoms with Gasteiger partial charge in [0.05, 0.1) is 5.56 Å². The van der Waals surface area contributed by atoms with Crippen LogP contribution in [-0.2, 0) is 0 Å². The molecular formula is C11H8ClN3O3. The quantitative estimate of drug-likeness (QED) is 0.641. The molecule has 3 N–H and O–H groups in total. The van der Waals surface area contributed by atoms with Crippen molar-refractivity contribution in [1.29, 1.82) is 0 Å². The summed E-state index contributed by atoms with van der Waals surface area (Å²) < 4.78 is 0. The predicted molar refractivity (Wildman–Crippen MR) is 64.2 cm³/mol. The molecule has 0 radical (unpaired) electrons. The van der Waals surface area contributed by atoms with Crippen LogP contribution in [0, 0.1) is 0 Å². The topological polar surface area (TPSA) is 98.2 Å². The molecule has 0 saturated carbocycles. The predicted octanol–water partition coefficient (Wildman–Crippen LogP) is 1.18. The fraction of sp³-hybridized carbons (Fsp3) is 0. The Bertz CT molecular complexity index is 622. The number of hydrogen-bond acceptors (Lipinski definition) is 4. The fourth-order valence-electron chi connectivity index (χ4n) is 1.50. The first-order chi connectivity index (χ1) is 8.52. The van der Waals surface area contributed by atoms with Crippen LogP contribution in [0.1, 0.15) is 26.4 Å². The van der Waals surface area contributed by atoms with Crippen LogP contribution in [0.15, 0.2) is 30.3 Å². The third-order valence-electron chi connectivity index (χ3n) is 2.32. The van der Waals surface area contributed by atoms with Crippen LogP contribution in [0.25, 0.3) is 0 Å². The Morgan fingerprint density at radius 1 is 1.28 bits per heavy atom. The highest BCUT2D eigenvalue weighted by Crippen LogP contribution is 2.22. The van der Waals surface area contributed by atoms with E-state index >= 15 is 0 Å². The SMILES string of the molecule is Nn1nc(C(=O)O)c(C(=O)c2ccccc2)c1Cl. The summed E-state index contributed by atoms with van der Waals surface area (Å²) in [6.45, 7) is 0. The molecule has 0 unspecified atom stereocenters. The second-order valence-corrected chi connectivity index (χ2v) is 3.82. The molecule has 18 heavy (non-hydrogen) atoms. The van der Waals surface area contributed by atoms with Crippen LogP contribution < -0.4 is 5.84 Å². The zero-order valence-corrected chi connectivity index (χ0v) is 9.76. The number of carbonyl (C=O) groups excluding carboxylic acids is 1. The number of nitrogens with two attached hydrogens (primary N) is 1. The molecule has 1 aromatic carbocycles. The molecule has 6 nitrogen and oxygen atoms in total. The summed E-state index contributed by atoms with van der Waals surface area (Å²) in [6, 6.07) is 8.17. The number of hydrogen-bond donors (Lipinski definition) is 2. The molecule has 92 valence electrons.